The van der Waals surface area contributed by atoms with E-state index in [0.717, 1.165) is 10.4 Å². The molecule has 1 aromatic carbocycles. The summed E-state index contributed by atoms with van der Waals surface area (Å²) in [6, 6.07) is 7.93. The number of hydrogen-bond acceptors (Lipinski definition) is 6. The van der Waals surface area contributed by atoms with Gasteiger partial charge >= 0.3 is 0 Å². The smallest absolute Gasteiger partial charge is 0.271 e. The molecular weight excluding hydrogens is 374 g/mol. The van der Waals surface area contributed by atoms with Crippen molar-refractivity contribution in [3.63, 3.8) is 0 Å². The zero-order valence-corrected chi connectivity index (χ0v) is 15.8. The van der Waals surface area contributed by atoms with Crippen molar-refractivity contribution in [2.45, 2.75) is 11.8 Å². The average molecular weight is 393 g/mol. The molecule has 138 valence electrons. The maximum Gasteiger partial charge on any atom is 0.271 e. The first-order valence-corrected chi connectivity index (χ1v) is 10.4. The van der Waals surface area contributed by atoms with E-state index in [2.05, 4.69) is 10.5 Å². The van der Waals surface area contributed by atoms with Gasteiger partial charge in [-0.3, -0.25) is 4.79 Å². The normalized spacial score (nSPS) is 16.0. The molecule has 0 atom stereocenters. The summed E-state index contributed by atoms with van der Waals surface area (Å²) in [5.41, 5.74) is 3.74. The quantitative estimate of drug-likeness (QED) is 0.620. The van der Waals surface area contributed by atoms with Gasteiger partial charge in [-0.25, -0.2) is 13.8 Å². The molecule has 9 heteroatoms. The monoisotopic (exact) mass is 393 g/mol. The van der Waals surface area contributed by atoms with Crippen LogP contribution in [0.25, 0.3) is 0 Å². The molecule has 26 heavy (non-hydrogen) atoms. The number of hydrogen-bond donors (Lipinski definition) is 1. The van der Waals surface area contributed by atoms with Gasteiger partial charge < -0.3 is 4.74 Å². The summed E-state index contributed by atoms with van der Waals surface area (Å²) in [6.45, 7) is 3.32. The Balaban J connectivity index is 1.73. The minimum Gasteiger partial charge on any atom is -0.379 e. The van der Waals surface area contributed by atoms with Gasteiger partial charge in [0.25, 0.3) is 5.91 Å². The number of morpholine rings is 1. The van der Waals surface area contributed by atoms with E-state index in [-0.39, 0.29) is 10.5 Å². The van der Waals surface area contributed by atoms with Crippen LogP contribution in [0.3, 0.4) is 0 Å². The van der Waals surface area contributed by atoms with E-state index in [9.17, 15) is 13.2 Å². The van der Waals surface area contributed by atoms with Crippen LogP contribution in [0, 0.1) is 6.92 Å². The lowest BCUT2D eigenvalue weighted by molar-refractivity contribution is 0.0730. The van der Waals surface area contributed by atoms with Crippen molar-refractivity contribution >= 4 is 33.5 Å². The highest BCUT2D eigenvalue weighted by Crippen LogP contribution is 2.18. The summed E-state index contributed by atoms with van der Waals surface area (Å²) in [7, 11) is -3.64. The molecule has 0 spiro atoms. The van der Waals surface area contributed by atoms with Gasteiger partial charge in [0, 0.05) is 23.5 Å². The van der Waals surface area contributed by atoms with Gasteiger partial charge in [0.1, 0.15) is 0 Å². The number of sulfonamides is 1. The fraction of sp³-hybridized carbons (Fsp3) is 0.294. The summed E-state index contributed by atoms with van der Waals surface area (Å²) < 4.78 is 31.9. The third-order valence-corrected chi connectivity index (χ3v) is 6.80. The van der Waals surface area contributed by atoms with Crippen molar-refractivity contribution in [2.24, 2.45) is 5.10 Å². The van der Waals surface area contributed by atoms with Crippen LogP contribution >= 0.6 is 11.3 Å². The standard InChI is InChI=1S/C17H19N3O4S2/c1-13-5-10-25-16(13)12-18-19-17(21)14-3-2-4-15(11-14)26(22,23)20-6-8-24-9-7-20/h2-5,10-12H,6-9H2,1H3,(H,19,21)/b18-12-. The second-order valence-corrected chi connectivity index (χ2v) is 8.60. The fourth-order valence-electron chi connectivity index (χ4n) is 2.46. The Morgan fingerprint density at radius 3 is 2.77 bits per heavy atom. The number of nitrogens with zero attached hydrogens (tertiary/aromatic N) is 2. The average Bonchev–Trinajstić information content (AvgIpc) is 3.07. The molecule has 1 saturated heterocycles. The lowest BCUT2D eigenvalue weighted by Crippen LogP contribution is -2.40. The number of rotatable bonds is 5. The summed E-state index contributed by atoms with van der Waals surface area (Å²) in [5, 5.41) is 5.89. The number of carbonyl (C=O) groups excluding carboxylic acids is 1. The van der Waals surface area contributed by atoms with Crippen LogP contribution in [0.5, 0.6) is 0 Å². The molecule has 2 heterocycles. The SMILES string of the molecule is Cc1ccsc1/C=N\NC(=O)c1cccc(S(=O)(=O)N2CCOCC2)c1. The zero-order valence-electron chi connectivity index (χ0n) is 14.2. The molecule has 1 fully saturated rings. The molecule has 0 aliphatic carbocycles. The second-order valence-electron chi connectivity index (χ2n) is 5.71. The number of thiophene rings is 1. The molecule has 1 amide bonds. The van der Waals surface area contributed by atoms with Crippen LogP contribution in [0.2, 0.25) is 0 Å². The largest absolute Gasteiger partial charge is 0.379 e. The molecule has 7 nitrogen and oxygen atoms in total. The molecule has 3 rings (SSSR count). The van der Waals surface area contributed by atoms with Crippen molar-refractivity contribution in [1.29, 1.82) is 0 Å². The summed E-state index contributed by atoms with van der Waals surface area (Å²) in [4.78, 5) is 13.3. The van der Waals surface area contributed by atoms with Crippen LogP contribution in [-0.4, -0.2) is 51.1 Å². The highest BCUT2D eigenvalue weighted by Gasteiger charge is 2.26. The van der Waals surface area contributed by atoms with Crippen molar-refractivity contribution < 1.29 is 17.9 Å². The first kappa shape index (κ1) is 18.7. The van der Waals surface area contributed by atoms with Gasteiger partial charge in [-0.15, -0.1) is 11.3 Å². The van der Waals surface area contributed by atoms with E-state index in [1.165, 1.54) is 27.8 Å². The Hall–Kier alpha value is -2.07. The van der Waals surface area contributed by atoms with Gasteiger partial charge in [-0.1, -0.05) is 6.07 Å². The fourth-order valence-corrected chi connectivity index (χ4v) is 4.71. The number of amides is 1. The van der Waals surface area contributed by atoms with E-state index in [4.69, 9.17) is 4.74 Å². The van der Waals surface area contributed by atoms with Crippen molar-refractivity contribution in [3.05, 3.63) is 51.7 Å². The van der Waals surface area contributed by atoms with Crippen molar-refractivity contribution in [3.8, 4) is 0 Å². The van der Waals surface area contributed by atoms with Crippen LogP contribution in [0.15, 0.2) is 45.7 Å². The number of ether oxygens (including phenoxy) is 1. The minimum atomic E-state index is -3.64. The Labute approximate surface area is 156 Å². The first-order valence-electron chi connectivity index (χ1n) is 8.04. The van der Waals surface area contributed by atoms with Crippen LogP contribution in [0.1, 0.15) is 20.8 Å². The Kier molecular flexibility index (Phi) is 5.82. The topological polar surface area (TPSA) is 88.1 Å². The zero-order chi connectivity index (χ0) is 18.6. The maximum atomic E-state index is 12.7. The maximum absolute atomic E-state index is 12.7. The molecule has 0 bridgehead atoms. The van der Waals surface area contributed by atoms with Crippen molar-refractivity contribution in [1.82, 2.24) is 9.73 Å². The van der Waals surface area contributed by atoms with Gasteiger partial charge in [0.05, 0.1) is 24.3 Å². The molecule has 0 saturated carbocycles. The molecule has 0 radical (unpaired) electrons. The molecule has 1 aliphatic heterocycles. The number of aryl methyl sites for hydroxylation is 1. The van der Waals surface area contributed by atoms with Crippen LogP contribution < -0.4 is 5.43 Å². The molecule has 0 unspecified atom stereocenters. The lowest BCUT2D eigenvalue weighted by Gasteiger charge is -2.26. The van der Waals surface area contributed by atoms with Crippen LogP contribution in [-0.2, 0) is 14.8 Å². The lowest BCUT2D eigenvalue weighted by atomic mass is 10.2. The third-order valence-electron chi connectivity index (χ3n) is 3.95. The van der Waals surface area contributed by atoms with Gasteiger partial charge in [-0.2, -0.15) is 9.41 Å². The van der Waals surface area contributed by atoms with E-state index in [1.807, 2.05) is 18.4 Å². The molecular formula is C17H19N3O4S2. The van der Waals surface area contributed by atoms with E-state index in [0.29, 0.717) is 26.3 Å². The van der Waals surface area contributed by atoms with Crippen LogP contribution in [0.4, 0.5) is 0 Å². The van der Waals surface area contributed by atoms with E-state index < -0.39 is 15.9 Å². The highest BCUT2D eigenvalue weighted by molar-refractivity contribution is 7.89. The van der Waals surface area contributed by atoms with Gasteiger partial charge in [-0.05, 0) is 42.1 Å². The van der Waals surface area contributed by atoms with Crippen molar-refractivity contribution in [2.75, 3.05) is 26.3 Å². The third kappa shape index (κ3) is 4.18. The molecule has 1 N–H and O–H groups in total. The predicted octanol–water partition coefficient (Wildman–Crippen LogP) is 1.84. The predicted molar refractivity (Wildman–Crippen MR) is 100 cm³/mol. The Morgan fingerprint density at radius 1 is 1.31 bits per heavy atom. The highest BCUT2D eigenvalue weighted by atomic mass is 32.2. The van der Waals surface area contributed by atoms with Gasteiger partial charge in [0.15, 0.2) is 0 Å². The molecule has 2 aromatic rings. The molecule has 1 aliphatic rings. The van der Waals surface area contributed by atoms with E-state index >= 15 is 0 Å². The number of nitrogens with one attached hydrogen (secondary N) is 1. The van der Waals surface area contributed by atoms with E-state index in [1.54, 1.807) is 18.3 Å². The Bertz CT molecular complexity index is 916. The minimum absolute atomic E-state index is 0.0881. The molecule has 1 aromatic heterocycles. The summed E-state index contributed by atoms with van der Waals surface area (Å²) in [6.07, 6.45) is 1.58. The number of carbonyl (C=O) groups is 1. The first-order chi connectivity index (χ1) is 12.5. The summed E-state index contributed by atoms with van der Waals surface area (Å²) >= 11 is 1.52. The van der Waals surface area contributed by atoms with Gasteiger partial charge in [0.2, 0.25) is 10.0 Å². The number of benzene rings is 1. The Morgan fingerprint density at radius 2 is 2.08 bits per heavy atom. The summed E-state index contributed by atoms with van der Waals surface area (Å²) in [5.74, 6) is -0.463. The second kappa shape index (κ2) is 8.09. The number of hydrazone groups is 1.